The molecule has 0 aliphatic heterocycles. The Morgan fingerprint density at radius 2 is 1.10 bits per heavy atom. The third-order valence-corrected chi connectivity index (χ3v) is 12.2. The number of aromatic nitrogens is 1. The van der Waals surface area contributed by atoms with Gasteiger partial charge in [-0.05, 0) is 75.1 Å². The maximum atomic E-state index is 6.35. The highest BCUT2D eigenvalue weighted by Crippen LogP contribution is 2.49. The normalized spacial score (nSPS) is 12.3. The molecular weight excluding hydrogens is 639 g/mol. The minimum absolute atomic E-state index is 0.911. The van der Waals surface area contributed by atoms with Crippen LogP contribution in [-0.2, 0) is 0 Å². The van der Waals surface area contributed by atoms with E-state index < -0.39 is 0 Å². The summed E-state index contributed by atoms with van der Waals surface area (Å²) in [6.07, 6.45) is 0. The third kappa shape index (κ3) is 3.76. The van der Waals surface area contributed by atoms with Crippen LogP contribution in [0.5, 0.6) is 0 Å². The number of benzene rings is 9. The van der Waals surface area contributed by atoms with E-state index in [1.165, 1.54) is 85.4 Å². The SMILES string of the molecule is c1cc(-c2ccc3oc4cc5ccccc5cc4c3c2)cc(-n2c3ccccc3c3c4c5ccc6ccccc6c5sc4c4ccccc4c32)c1. The fraction of sp³-hybridized carbons (Fsp3) is 0. The van der Waals surface area contributed by atoms with Crippen LogP contribution in [0.15, 0.2) is 168 Å². The standard InChI is InChI=1S/C48H27NOS/c1-2-12-31-27-43-40(25-30(31)11-1)39-26-32(21-23-42(39)50-43)29-13-9-14-33(24-29)49-41-19-8-7-18-37(41)44-45-38-22-20-28-10-3-4-15-34(28)47(38)51-48(45)36-17-6-5-16-35(36)46(44)49/h1-27H. The van der Waals surface area contributed by atoms with Gasteiger partial charge in [0.05, 0.1) is 11.0 Å². The number of para-hydroxylation sites is 1. The summed E-state index contributed by atoms with van der Waals surface area (Å²) < 4.78 is 11.6. The van der Waals surface area contributed by atoms with Crippen LogP contribution in [0.2, 0.25) is 0 Å². The Kier molecular flexibility index (Phi) is 5.41. The van der Waals surface area contributed by atoms with Gasteiger partial charge in [-0.3, -0.25) is 0 Å². The first kappa shape index (κ1) is 27.4. The second kappa shape index (κ2) is 10.1. The molecule has 12 aromatic rings. The zero-order chi connectivity index (χ0) is 33.2. The van der Waals surface area contributed by atoms with E-state index in [1.807, 2.05) is 11.3 Å². The van der Waals surface area contributed by atoms with Crippen molar-refractivity contribution in [2.24, 2.45) is 0 Å². The summed E-state index contributed by atoms with van der Waals surface area (Å²) in [6, 6.07) is 59.9. The van der Waals surface area contributed by atoms with Crippen molar-refractivity contribution < 1.29 is 4.42 Å². The van der Waals surface area contributed by atoms with E-state index in [9.17, 15) is 0 Å². The second-order valence-electron chi connectivity index (χ2n) is 13.7. The first-order valence-electron chi connectivity index (χ1n) is 17.4. The molecule has 0 spiro atoms. The molecule has 12 rings (SSSR count). The summed E-state index contributed by atoms with van der Waals surface area (Å²) in [5.41, 5.74) is 7.80. The van der Waals surface area contributed by atoms with Crippen molar-refractivity contribution in [3.05, 3.63) is 164 Å². The highest BCUT2D eigenvalue weighted by molar-refractivity contribution is 7.27. The minimum atomic E-state index is 0.911. The largest absolute Gasteiger partial charge is 0.456 e. The zero-order valence-electron chi connectivity index (χ0n) is 27.4. The van der Waals surface area contributed by atoms with Crippen LogP contribution in [-0.4, -0.2) is 4.57 Å². The van der Waals surface area contributed by atoms with Gasteiger partial charge in [0.1, 0.15) is 11.2 Å². The molecule has 0 saturated carbocycles. The van der Waals surface area contributed by atoms with Crippen molar-refractivity contribution in [1.29, 1.82) is 0 Å². The van der Waals surface area contributed by atoms with Crippen molar-refractivity contribution in [2.75, 3.05) is 0 Å². The molecule has 0 fully saturated rings. The summed E-state index contributed by atoms with van der Waals surface area (Å²) in [5.74, 6) is 0. The van der Waals surface area contributed by atoms with E-state index >= 15 is 0 Å². The fourth-order valence-electron chi connectivity index (χ4n) is 8.63. The molecule has 0 aliphatic rings. The molecule has 0 saturated heterocycles. The maximum Gasteiger partial charge on any atom is 0.136 e. The molecule has 0 aliphatic carbocycles. The van der Waals surface area contributed by atoms with Crippen LogP contribution in [0.25, 0.3) is 113 Å². The van der Waals surface area contributed by atoms with Crippen LogP contribution in [0.3, 0.4) is 0 Å². The van der Waals surface area contributed by atoms with E-state index in [0.29, 0.717) is 0 Å². The van der Waals surface area contributed by atoms with Crippen molar-refractivity contribution in [3.63, 3.8) is 0 Å². The van der Waals surface area contributed by atoms with Crippen LogP contribution >= 0.6 is 11.3 Å². The van der Waals surface area contributed by atoms with Gasteiger partial charge in [-0.15, -0.1) is 11.3 Å². The summed E-state index contributed by atoms with van der Waals surface area (Å²) in [6.45, 7) is 0. The zero-order valence-corrected chi connectivity index (χ0v) is 28.2. The smallest absolute Gasteiger partial charge is 0.136 e. The van der Waals surface area contributed by atoms with Gasteiger partial charge in [0.15, 0.2) is 0 Å². The van der Waals surface area contributed by atoms with Crippen molar-refractivity contribution in [1.82, 2.24) is 4.57 Å². The molecule has 3 heteroatoms. The van der Waals surface area contributed by atoms with Crippen molar-refractivity contribution >= 4 is 108 Å². The summed E-state index contributed by atoms with van der Waals surface area (Å²) in [5, 5.41) is 15.2. The monoisotopic (exact) mass is 665 g/mol. The molecule has 0 atom stereocenters. The van der Waals surface area contributed by atoms with Gasteiger partial charge >= 0.3 is 0 Å². The lowest BCUT2D eigenvalue weighted by molar-refractivity contribution is 0.669. The number of hydrogen-bond donors (Lipinski definition) is 0. The fourth-order valence-corrected chi connectivity index (χ4v) is 10.0. The highest BCUT2D eigenvalue weighted by Gasteiger charge is 2.22. The molecule has 3 aromatic heterocycles. The average molecular weight is 666 g/mol. The van der Waals surface area contributed by atoms with Gasteiger partial charge in [0.2, 0.25) is 0 Å². The first-order valence-corrected chi connectivity index (χ1v) is 18.2. The molecule has 0 radical (unpaired) electrons. The predicted octanol–water partition coefficient (Wildman–Crippen LogP) is 14.2. The van der Waals surface area contributed by atoms with Gasteiger partial charge < -0.3 is 8.98 Å². The molecule has 9 aromatic carbocycles. The van der Waals surface area contributed by atoms with Gasteiger partial charge in [0.25, 0.3) is 0 Å². The molecule has 2 nitrogen and oxygen atoms in total. The lowest BCUT2D eigenvalue weighted by Crippen LogP contribution is -1.95. The molecule has 0 bridgehead atoms. The topological polar surface area (TPSA) is 18.1 Å². The predicted molar refractivity (Wildman–Crippen MR) is 219 cm³/mol. The van der Waals surface area contributed by atoms with Crippen LogP contribution < -0.4 is 0 Å². The Hall–Kier alpha value is -6.42. The number of hydrogen-bond acceptors (Lipinski definition) is 2. The molecule has 3 heterocycles. The molecule has 51 heavy (non-hydrogen) atoms. The number of furan rings is 1. The average Bonchev–Trinajstić information content (AvgIpc) is 3.86. The maximum absolute atomic E-state index is 6.35. The van der Waals surface area contributed by atoms with Gasteiger partial charge in [0, 0.05) is 58.2 Å². The van der Waals surface area contributed by atoms with E-state index in [2.05, 4.69) is 168 Å². The van der Waals surface area contributed by atoms with Crippen molar-refractivity contribution in [3.8, 4) is 16.8 Å². The van der Waals surface area contributed by atoms with Gasteiger partial charge in [-0.25, -0.2) is 0 Å². The molecule has 0 amide bonds. The van der Waals surface area contributed by atoms with Gasteiger partial charge in [-0.1, -0.05) is 121 Å². The molecule has 236 valence electrons. The Balaban J connectivity index is 1.15. The Bertz CT molecular complexity index is 3430. The Morgan fingerprint density at radius 3 is 1.98 bits per heavy atom. The number of rotatable bonds is 2. The van der Waals surface area contributed by atoms with E-state index in [1.54, 1.807) is 0 Å². The van der Waals surface area contributed by atoms with Crippen molar-refractivity contribution in [2.45, 2.75) is 0 Å². The lowest BCUT2D eigenvalue weighted by atomic mass is 9.98. The van der Waals surface area contributed by atoms with E-state index in [-0.39, 0.29) is 0 Å². The molecule has 0 unspecified atom stereocenters. The molecule has 0 N–H and O–H groups in total. The summed E-state index contributed by atoms with van der Waals surface area (Å²) in [7, 11) is 0. The first-order chi connectivity index (χ1) is 25.3. The van der Waals surface area contributed by atoms with Crippen LogP contribution in [0.1, 0.15) is 0 Å². The summed E-state index contributed by atoms with van der Waals surface area (Å²) >= 11 is 1.93. The van der Waals surface area contributed by atoms with Crippen LogP contribution in [0, 0.1) is 0 Å². The third-order valence-electron chi connectivity index (χ3n) is 10.9. The second-order valence-corrected chi connectivity index (χ2v) is 14.7. The Labute approximate surface area is 296 Å². The van der Waals surface area contributed by atoms with E-state index in [0.717, 1.165) is 27.6 Å². The Morgan fingerprint density at radius 1 is 0.392 bits per heavy atom. The number of thiophene rings is 1. The summed E-state index contributed by atoms with van der Waals surface area (Å²) in [4.78, 5) is 0. The molecular formula is C48H27NOS. The van der Waals surface area contributed by atoms with Crippen LogP contribution in [0.4, 0.5) is 0 Å². The lowest BCUT2D eigenvalue weighted by Gasteiger charge is -2.12. The number of nitrogens with zero attached hydrogens (tertiary/aromatic N) is 1. The highest BCUT2D eigenvalue weighted by atomic mass is 32.1. The van der Waals surface area contributed by atoms with Gasteiger partial charge in [-0.2, -0.15) is 0 Å². The van der Waals surface area contributed by atoms with E-state index in [4.69, 9.17) is 4.42 Å². The minimum Gasteiger partial charge on any atom is -0.456 e. The number of fused-ring (bicyclic) bond motifs is 16. The quantitative estimate of drug-likeness (QED) is 0.180.